The molecule has 0 amide bonds. The highest BCUT2D eigenvalue weighted by Gasteiger charge is 1.98. The van der Waals surface area contributed by atoms with E-state index in [1.54, 1.807) is 6.21 Å². The summed E-state index contributed by atoms with van der Waals surface area (Å²) in [4.78, 5) is 0. The minimum atomic E-state index is 0.629. The molecule has 0 N–H and O–H groups in total. The first-order chi connectivity index (χ1) is 4.06. The molecule has 0 saturated heterocycles. The van der Waals surface area contributed by atoms with Crippen molar-refractivity contribution in [2.45, 2.75) is 6.92 Å². The van der Waals surface area contributed by atoms with Crippen LogP contribution in [0.3, 0.4) is 0 Å². The lowest BCUT2D eigenvalue weighted by molar-refractivity contribution is -0.876. The first kappa shape index (κ1) is 8.37. The third-order valence-electron chi connectivity index (χ3n) is 0.692. The maximum absolute atomic E-state index is 4.17. The van der Waals surface area contributed by atoms with Gasteiger partial charge in [-0.05, 0) is 13.0 Å². The molecule has 0 bridgehead atoms. The summed E-state index contributed by atoms with van der Waals surface area (Å²) < 4.78 is 0.629. The van der Waals surface area contributed by atoms with Crippen molar-refractivity contribution in [2.75, 3.05) is 21.1 Å². The van der Waals surface area contributed by atoms with Crippen LogP contribution in [0.1, 0.15) is 6.92 Å². The highest BCUT2D eigenvalue weighted by molar-refractivity contribution is 5.70. The van der Waals surface area contributed by atoms with E-state index in [0.717, 1.165) is 0 Å². The molecule has 0 aliphatic rings. The number of quaternary nitrogens is 1. The van der Waals surface area contributed by atoms with Crippen LogP contribution >= 0.6 is 0 Å². The van der Waals surface area contributed by atoms with Crippen LogP contribution in [0, 0.1) is 0 Å². The smallest absolute Gasteiger partial charge is 0.0923 e. The van der Waals surface area contributed by atoms with Crippen LogP contribution in [-0.2, 0) is 0 Å². The molecule has 0 aromatic heterocycles. The first-order valence-corrected chi connectivity index (χ1v) is 3.04. The molecular weight excluding hydrogens is 112 g/mol. The number of hydrogen-bond donors (Lipinski definition) is 0. The largest absolute Gasteiger partial charge is 0.205 e. The van der Waals surface area contributed by atoms with E-state index in [-0.39, 0.29) is 0 Å². The van der Waals surface area contributed by atoms with Gasteiger partial charge in [0.1, 0.15) is 0 Å². The Morgan fingerprint density at radius 2 is 1.78 bits per heavy atom. The Morgan fingerprint density at radius 3 is 2.11 bits per heavy atom. The monoisotopic (exact) mass is 127 g/mol. The van der Waals surface area contributed by atoms with E-state index in [1.807, 2.05) is 40.2 Å². The van der Waals surface area contributed by atoms with Crippen molar-refractivity contribution in [1.82, 2.24) is 0 Å². The highest BCUT2D eigenvalue weighted by atomic mass is 15.6. The van der Waals surface area contributed by atoms with Crippen LogP contribution in [0.5, 0.6) is 0 Å². The number of rotatable bonds is 2. The summed E-state index contributed by atoms with van der Waals surface area (Å²) in [7, 11) is 6.04. The number of hydrogen-bond acceptors (Lipinski definition) is 1. The Hall–Kier alpha value is -0.630. The molecule has 0 aliphatic heterocycles. The van der Waals surface area contributed by atoms with Gasteiger partial charge in [0.05, 0.1) is 27.4 Å². The molecule has 52 valence electrons. The zero-order chi connectivity index (χ0) is 7.33. The maximum atomic E-state index is 4.17. The third kappa shape index (κ3) is 7.37. The summed E-state index contributed by atoms with van der Waals surface area (Å²) in [6.45, 7) is 1.97. The summed E-state index contributed by atoms with van der Waals surface area (Å²) in [5, 5.41) is 4.17. The topological polar surface area (TPSA) is 12.4 Å². The summed E-state index contributed by atoms with van der Waals surface area (Å²) in [5.74, 6) is 0. The minimum Gasteiger partial charge on any atom is -0.205 e. The molecule has 0 aliphatic carbocycles. The Bertz CT molecular complexity index is 117. The molecule has 0 rings (SSSR count). The average molecular weight is 127 g/mol. The zero-order valence-corrected chi connectivity index (χ0v) is 6.63. The predicted molar refractivity (Wildman–Crippen MR) is 41.3 cm³/mol. The van der Waals surface area contributed by atoms with Gasteiger partial charge in [-0.25, -0.2) is 4.59 Å². The highest BCUT2D eigenvalue weighted by Crippen LogP contribution is 1.87. The molecule has 0 radical (unpaired) electrons. The minimum absolute atomic E-state index is 0.629. The summed E-state index contributed by atoms with van der Waals surface area (Å²) in [6, 6.07) is 0. The average Bonchev–Trinajstić information content (AvgIpc) is 1.63. The van der Waals surface area contributed by atoms with E-state index < -0.39 is 0 Å². The van der Waals surface area contributed by atoms with Crippen molar-refractivity contribution in [1.29, 1.82) is 0 Å². The fourth-order valence-corrected chi connectivity index (χ4v) is 0.325. The van der Waals surface area contributed by atoms with Crippen molar-refractivity contribution in [3.63, 3.8) is 0 Å². The van der Waals surface area contributed by atoms with Gasteiger partial charge in [-0.15, -0.1) is 0 Å². The van der Waals surface area contributed by atoms with E-state index in [1.165, 1.54) is 0 Å². The van der Waals surface area contributed by atoms with Crippen LogP contribution in [-0.4, -0.2) is 31.9 Å². The quantitative estimate of drug-likeness (QED) is 0.301. The van der Waals surface area contributed by atoms with Gasteiger partial charge in [0, 0.05) is 0 Å². The molecule has 0 fully saturated rings. The lowest BCUT2D eigenvalue weighted by Gasteiger charge is -2.13. The summed E-state index contributed by atoms with van der Waals surface area (Å²) in [6.07, 6.45) is 5.68. The Balaban J connectivity index is 3.71. The van der Waals surface area contributed by atoms with Crippen molar-refractivity contribution in [3.05, 3.63) is 12.2 Å². The van der Waals surface area contributed by atoms with Crippen LogP contribution in [0.25, 0.3) is 0 Å². The molecule has 0 saturated carbocycles. The molecule has 0 aromatic carbocycles. The van der Waals surface area contributed by atoms with Crippen molar-refractivity contribution in [2.24, 2.45) is 5.10 Å². The van der Waals surface area contributed by atoms with E-state index in [2.05, 4.69) is 5.10 Å². The van der Waals surface area contributed by atoms with Crippen LogP contribution in [0.4, 0.5) is 0 Å². The molecular formula is C7H15N2+. The normalized spacial score (nSPS) is 13.8. The van der Waals surface area contributed by atoms with Gasteiger partial charge < -0.3 is 0 Å². The molecule has 2 heteroatoms. The summed E-state index contributed by atoms with van der Waals surface area (Å²) >= 11 is 0. The maximum Gasteiger partial charge on any atom is 0.0923 e. The van der Waals surface area contributed by atoms with Gasteiger partial charge in [0.15, 0.2) is 0 Å². The van der Waals surface area contributed by atoms with E-state index in [9.17, 15) is 0 Å². The van der Waals surface area contributed by atoms with Crippen LogP contribution in [0.15, 0.2) is 17.3 Å². The fourth-order valence-electron chi connectivity index (χ4n) is 0.325. The molecule has 9 heavy (non-hydrogen) atoms. The molecule has 0 spiro atoms. The Labute approximate surface area is 57.1 Å². The summed E-state index contributed by atoms with van der Waals surface area (Å²) in [5.41, 5.74) is 0. The molecule has 2 nitrogen and oxygen atoms in total. The van der Waals surface area contributed by atoms with Crippen LogP contribution in [0.2, 0.25) is 0 Å². The van der Waals surface area contributed by atoms with Gasteiger partial charge >= 0.3 is 0 Å². The van der Waals surface area contributed by atoms with Gasteiger partial charge in [0.2, 0.25) is 0 Å². The Morgan fingerprint density at radius 1 is 1.22 bits per heavy atom. The zero-order valence-electron chi connectivity index (χ0n) is 6.63. The Kier molecular flexibility index (Phi) is 3.17. The van der Waals surface area contributed by atoms with Crippen molar-refractivity contribution < 1.29 is 4.59 Å². The second kappa shape index (κ2) is 3.41. The molecule has 0 atom stereocenters. The molecule has 0 aromatic rings. The molecule has 0 unspecified atom stereocenters. The lowest BCUT2D eigenvalue weighted by atomic mass is 10.6. The van der Waals surface area contributed by atoms with Crippen LogP contribution < -0.4 is 0 Å². The van der Waals surface area contributed by atoms with E-state index >= 15 is 0 Å². The number of allylic oxidation sites excluding steroid dienone is 2. The fraction of sp³-hybridized carbons (Fsp3) is 0.571. The second-order valence-electron chi connectivity index (χ2n) is 2.73. The number of nitrogens with zero attached hydrogens (tertiary/aromatic N) is 2. The second-order valence-corrected chi connectivity index (χ2v) is 2.73. The lowest BCUT2D eigenvalue weighted by Crippen LogP contribution is -2.26. The van der Waals surface area contributed by atoms with Gasteiger partial charge in [-0.2, -0.15) is 0 Å². The predicted octanol–water partition coefficient (Wildman–Crippen LogP) is 1.25. The third-order valence-corrected chi connectivity index (χ3v) is 0.692. The van der Waals surface area contributed by atoms with Gasteiger partial charge in [-0.1, -0.05) is 11.2 Å². The van der Waals surface area contributed by atoms with E-state index in [4.69, 9.17) is 0 Å². The molecule has 0 heterocycles. The van der Waals surface area contributed by atoms with Crippen molar-refractivity contribution in [3.8, 4) is 0 Å². The van der Waals surface area contributed by atoms with Crippen molar-refractivity contribution >= 4 is 6.21 Å². The standard InChI is InChI=1S/C7H15N2/c1-5-6-7-8-9(2,3)4/h5-7H,1-4H3/q+1. The van der Waals surface area contributed by atoms with E-state index in [0.29, 0.717) is 4.59 Å². The first-order valence-electron chi connectivity index (χ1n) is 3.04. The van der Waals surface area contributed by atoms with Gasteiger partial charge in [-0.3, -0.25) is 0 Å². The SMILES string of the molecule is CC=CC=N[N+](C)(C)C. The van der Waals surface area contributed by atoms with Gasteiger partial charge in [0.25, 0.3) is 0 Å².